The molecule has 8 heteroatoms. The predicted molar refractivity (Wildman–Crippen MR) is 112 cm³/mol. The molecule has 7 nitrogen and oxygen atoms in total. The monoisotopic (exact) mass is 408 g/mol. The van der Waals surface area contributed by atoms with Crippen LogP contribution in [0.2, 0.25) is 0 Å². The summed E-state index contributed by atoms with van der Waals surface area (Å²) in [6.07, 6.45) is 3.41. The van der Waals surface area contributed by atoms with Gasteiger partial charge in [0.15, 0.2) is 0 Å². The van der Waals surface area contributed by atoms with E-state index in [9.17, 15) is 18.8 Å². The number of nitrogens with one attached hydrogen (secondary N) is 2. The second kappa shape index (κ2) is 8.44. The number of anilines is 2. The molecule has 30 heavy (non-hydrogen) atoms. The normalized spacial score (nSPS) is 13.4. The highest BCUT2D eigenvalue weighted by Crippen LogP contribution is 2.18. The summed E-state index contributed by atoms with van der Waals surface area (Å²) in [5.74, 6) is -0.646. The van der Waals surface area contributed by atoms with E-state index in [0.717, 1.165) is 31.5 Å². The van der Waals surface area contributed by atoms with Gasteiger partial charge in [-0.2, -0.15) is 0 Å². The number of aryl methyl sites for hydroxylation is 1. The van der Waals surface area contributed by atoms with Crippen LogP contribution in [0.5, 0.6) is 0 Å². The molecule has 0 radical (unpaired) electrons. The lowest BCUT2D eigenvalue weighted by Gasteiger charge is -2.11. The van der Waals surface area contributed by atoms with Crippen LogP contribution in [0, 0.1) is 5.82 Å². The third-order valence-electron chi connectivity index (χ3n) is 5.05. The van der Waals surface area contributed by atoms with Crippen LogP contribution in [0.1, 0.15) is 31.5 Å². The Hall–Kier alpha value is -3.55. The molecule has 3 aromatic rings. The fourth-order valence-electron chi connectivity index (χ4n) is 3.59. The highest BCUT2D eigenvalue weighted by molar-refractivity contribution is 6.08. The van der Waals surface area contributed by atoms with Crippen LogP contribution in [0.25, 0.3) is 10.9 Å². The summed E-state index contributed by atoms with van der Waals surface area (Å²) in [5, 5.41) is 5.62. The highest BCUT2D eigenvalue weighted by Gasteiger charge is 2.15. The summed E-state index contributed by atoms with van der Waals surface area (Å²) in [7, 11) is 0. The number of halogens is 1. The molecule has 0 fully saturated rings. The molecule has 4 rings (SSSR count). The minimum atomic E-state index is -0.521. The number of amides is 2. The van der Waals surface area contributed by atoms with E-state index in [1.165, 1.54) is 24.3 Å². The number of nitrogens with zero attached hydrogens (tertiary/aromatic N) is 2. The van der Waals surface area contributed by atoms with Gasteiger partial charge in [-0.05, 0) is 55.3 Å². The summed E-state index contributed by atoms with van der Waals surface area (Å²) in [5.41, 5.74) is 1.32. The standard InChI is InChI=1S/C22H21FN4O3/c23-14-5-7-15(8-6-14)24-20(28)13-21(29)25-16-9-10-18-17(12-16)22(30)27-11-3-1-2-4-19(27)26-18/h5-10,12H,1-4,11,13H2,(H,24,28)(H,25,29). The first-order chi connectivity index (χ1) is 14.5. The molecule has 2 heterocycles. The topological polar surface area (TPSA) is 93.1 Å². The van der Waals surface area contributed by atoms with Gasteiger partial charge in [0, 0.05) is 24.3 Å². The van der Waals surface area contributed by atoms with Gasteiger partial charge in [-0.25, -0.2) is 9.37 Å². The molecule has 0 unspecified atom stereocenters. The smallest absolute Gasteiger partial charge is 0.261 e. The van der Waals surface area contributed by atoms with E-state index in [4.69, 9.17) is 0 Å². The lowest BCUT2D eigenvalue weighted by molar-refractivity contribution is -0.123. The number of benzene rings is 2. The summed E-state index contributed by atoms with van der Waals surface area (Å²) in [4.78, 5) is 41.8. The maximum Gasteiger partial charge on any atom is 0.261 e. The number of rotatable bonds is 4. The molecule has 0 bridgehead atoms. The Morgan fingerprint density at radius 1 is 0.967 bits per heavy atom. The van der Waals surface area contributed by atoms with Crippen molar-refractivity contribution in [2.45, 2.75) is 38.6 Å². The van der Waals surface area contributed by atoms with Crippen LogP contribution in [-0.2, 0) is 22.6 Å². The zero-order valence-corrected chi connectivity index (χ0v) is 16.3. The van der Waals surface area contributed by atoms with Crippen LogP contribution < -0.4 is 16.2 Å². The van der Waals surface area contributed by atoms with Crippen molar-refractivity contribution in [1.29, 1.82) is 0 Å². The van der Waals surface area contributed by atoms with Gasteiger partial charge >= 0.3 is 0 Å². The van der Waals surface area contributed by atoms with E-state index in [1.54, 1.807) is 22.8 Å². The first-order valence-electron chi connectivity index (χ1n) is 9.88. The van der Waals surface area contributed by atoms with Gasteiger partial charge in [0.1, 0.15) is 18.1 Å². The van der Waals surface area contributed by atoms with Crippen LogP contribution in [0.4, 0.5) is 15.8 Å². The minimum absolute atomic E-state index is 0.109. The highest BCUT2D eigenvalue weighted by atomic mass is 19.1. The molecule has 154 valence electrons. The molecule has 0 saturated heterocycles. The van der Waals surface area contributed by atoms with Crippen molar-refractivity contribution in [3.8, 4) is 0 Å². The number of carbonyl (C=O) groups is 2. The zero-order chi connectivity index (χ0) is 21.1. The summed E-state index contributed by atoms with van der Waals surface area (Å²) in [6.45, 7) is 0.650. The first kappa shape index (κ1) is 19.8. The van der Waals surface area contributed by atoms with E-state index in [2.05, 4.69) is 15.6 Å². The molecule has 1 aromatic heterocycles. The number of carbonyl (C=O) groups excluding carboxylic acids is 2. The van der Waals surface area contributed by atoms with E-state index in [0.29, 0.717) is 28.8 Å². The van der Waals surface area contributed by atoms with Gasteiger partial charge in [-0.15, -0.1) is 0 Å². The summed E-state index contributed by atoms with van der Waals surface area (Å²) in [6, 6.07) is 10.2. The van der Waals surface area contributed by atoms with Crippen molar-refractivity contribution in [3.05, 3.63) is 64.5 Å². The number of hydrogen-bond acceptors (Lipinski definition) is 4. The Morgan fingerprint density at radius 3 is 2.43 bits per heavy atom. The van der Waals surface area contributed by atoms with Gasteiger partial charge in [-0.3, -0.25) is 19.0 Å². The second-order valence-corrected chi connectivity index (χ2v) is 7.31. The van der Waals surface area contributed by atoms with Crippen molar-refractivity contribution in [2.24, 2.45) is 0 Å². The predicted octanol–water partition coefficient (Wildman–Crippen LogP) is 3.23. The van der Waals surface area contributed by atoms with E-state index in [1.807, 2.05) is 0 Å². The molecule has 2 amide bonds. The maximum absolute atomic E-state index is 12.9. The Morgan fingerprint density at radius 2 is 1.67 bits per heavy atom. The van der Waals surface area contributed by atoms with Crippen LogP contribution in [0.15, 0.2) is 47.3 Å². The quantitative estimate of drug-likeness (QED) is 0.648. The van der Waals surface area contributed by atoms with Crippen molar-refractivity contribution in [1.82, 2.24) is 9.55 Å². The Kier molecular flexibility index (Phi) is 5.56. The lowest BCUT2D eigenvalue weighted by atomic mass is 10.2. The van der Waals surface area contributed by atoms with E-state index >= 15 is 0 Å². The maximum atomic E-state index is 12.9. The molecule has 0 aliphatic carbocycles. The molecule has 1 aliphatic heterocycles. The lowest BCUT2D eigenvalue weighted by Crippen LogP contribution is -2.25. The minimum Gasteiger partial charge on any atom is -0.326 e. The van der Waals surface area contributed by atoms with Crippen molar-refractivity contribution < 1.29 is 14.0 Å². The SMILES string of the molecule is O=C(CC(=O)Nc1ccc2nc3n(c(=O)c2c1)CCCCC3)Nc1ccc(F)cc1. The third kappa shape index (κ3) is 4.37. The number of aromatic nitrogens is 2. The van der Waals surface area contributed by atoms with Gasteiger partial charge in [0.2, 0.25) is 11.8 Å². The third-order valence-corrected chi connectivity index (χ3v) is 5.05. The molecule has 2 N–H and O–H groups in total. The van der Waals surface area contributed by atoms with Crippen molar-refractivity contribution in [2.75, 3.05) is 10.6 Å². The molecule has 1 aliphatic rings. The molecule has 0 atom stereocenters. The van der Waals surface area contributed by atoms with Gasteiger partial charge in [0.05, 0.1) is 10.9 Å². The molecule has 0 saturated carbocycles. The van der Waals surface area contributed by atoms with Crippen molar-refractivity contribution >= 4 is 34.1 Å². The van der Waals surface area contributed by atoms with Gasteiger partial charge in [-0.1, -0.05) is 6.42 Å². The van der Waals surface area contributed by atoms with Gasteiger partial charge in [0.25, 0.3) is 5.56 Å². The Bertz CT molecular complexity index is 1170. The summed E-state index contributed by atoms with van der Waals surface area (Å²) < 4.78 is 14.6. The van der Waals surface area contributed by atoms with Crippen LogP contribution in [0.3, 0.4) is 0 Å². The number of fused-ring (bicyclic) bond motifs is 2. The number of hydrogen-bond donors (Lipinski definition) is 2. The van der Waals surface area contributed by atoms with E-state index < -0.39 is 24.1 Å². The van der Waals surface area contributed by atoms with Crippen molar-refractivity contribution in [3.63, 3.8) is 0 Å². The molecule has 0 spiro atoms. The Balaban J connectivity index is 1.47. The Labute approximate surface area is 171 Å². The average molecular weight is 408 g/mol. The fraction of sp³-hybridized carbons (Fsp3) is 0.273. The first-order valence-corrected chi connectivity index (χ1v) is 9.88. The van der Waals surface area contributed by atoms with Crippen LogP contribution >= 0.6 is 0 Å². The second-order valence-electron chi connectivity index (χ2n) is 7.31. The fourth-order valence-corrected chi connectivity index (χ4v) is 3.59. The average Bonchev–Trinajstić information content (AvgIpc) is 2.96. The van der Waals surface area contributed by atoms with E-state index in [-0.39, 0.29) is 5.56 Å². The molecule has 2 aromatic carbocycles. The zero-order valence-electron chi connectivity index (χ0n) is 16.3. The molecular weight excluding hydrogens is 387 g/mol. The van der Waals surface area contributed by atoms with Crippen LogP contribution in [-0.4, -0.2) is 21.4 Å². The largest absolute Gasteiger partial charge is 0.326 e. The van der Waals surface area contributed by atoms with Gasteiger partial charge < -0.3 is 10.6 Å². The molecular formula is C22H21FN4O3. The summed E-state index contributed by atoms with van der Waals surface area (Å²) >= 11 is 0.